The van der Waals surface area contributed by atoms with Crippen LogP contribution in [0.5, 0.6) is 0 Å². The van der Waals surface area contributed by atoms with Crippen LogP contribution in [-0.4, -0.2) is 21.7 Å². The van der Waals surface area contributed by atoms with Gasteiger partial charge in [-0.1, -0.05) is 52.0 Å². The molecule has 0 bridgehead atoms. The van der Waals surface area contributed by atoms with Gasteiger partial charge in [-0.3, -0.25) is 0 Å². The maximum absolute atomic E-state index is 4.46. The molecule has 23 heavy (non-hydrogen) atoms. The smallest absolute Gasteiger partial charge is 0.244 e. The van der Waals surface area contributed by atoms with Crippen LogP contribution < -0.4 is 10.6 Å². The molecule has 0 saturated carbocycles. The zero-order valence-electron chi connectivity index (χ0n) is 14.3. The number of nitrogens with one attached hydrogen (secondary N) is 2. The Balaban J connectivity index is 2.37. The normalized spacial score (nSPS) is 10.9. The van der Waals surface area contributed by atoms with E-state index in [1.807, 2.05) is 0 Å². The first-order chi connectivity index (χ1) is 11.0. The van der Waals surface area contributed by atoms with Crippen molar-refractivity contribution >= 4 is 17.5 Å². The topological polar surface area (TPSA) is 62.7 Å². The third-order valence-electron chi connectivity index (χ3n) is 3.59. The van der Waals surface area contributed by atoms with Gasteiger partial charge in [0.2, 0.25) is 5.95 Å². The fourth-order valence-corrected chi connectivity index (χ4v) is 2.43. The van der Waals surface area contributed by atoms with Crippen LogP contribution in [0.2, 0.25) is 0 Å². The molecule has 1 heterocycles. The van der Waals surface area contributed by atoms with E-state index in [0.29, 0.717) is 30.1 Å². The van der Waals surface area contributed by atoms with Gasteiger partial charge in [0.15, 0.2) is 5.82 Å². The van der Waals surface area contributed by atoms with Crippen LogP contribution >= 0.6 is 0 Å². The van der Waals surface area contributed by atoms with Crippen LogP contribution in [0.1, 0.15) is 50.7 Å². The lowest BCUT2D eigenvalue weighted by molar-refractivity contribution is 0.837. The minimum atomic E-state index is 0.421. The van der Waals surface area contributed by atoms with E-state index in [4.69, 9.17) is 0 Å². The van der Waals surface area contributed by atoms with Gasteiger partial charge >= 0.3 is 0 Å². The van der Waals surface area contributed by atoms with Crippen molar-refractivity contribution in [3.8, 4) is 0 Å². The summed E-state index contributed by atoms with van der Waals surface area (Å²) in [6.07, 6.45) is 3.40. The van der Waals surface area contributed by atoms with Crippen LogP contribution in [0.3, 0.4) is 0 Å². The molecule has 2 N–H and O–H groups in total. The van der Waals surface area contributed by atoms with E-state index >= 15 is 0 Å². The van der Waals surface area contributed by atoms with Crippen LogP contribution in [0.4, 0.5) is 17.5 Å². The molecule has 0 amide bonds. The molecular formula is C18H25N5. The van der Waals surface area contributed by atoms with Crippen LogP contribution in [0.25, 0.3) is 0 Å². The number of nitrogens with zero attached hydrogens (tertiary/aromatic N) is 3. The van der Waals surface area contributed by atoms with E-state index in [1.165, 1.54) is 11.1 Å². The maximum atomic E-state index is 4.46. The highest BCUT2D eigenvalue weighted by molar-refractivity contribution is 5.66. The first-order valence-electron chi connectivity index (χ1n) is 7.97. The number of rotatable bonds is 7. The molecule has 2 rings (SSSR count). The van der Waals surface area contributed by atoms with E-state index in [0.717, 1.165) is 5.69 Å². The molecule has 1 aromatic heterocycles. The van der Waals surface area contributed by atoms with E-state index in [-0.39, 0.29) is 0 Å². The van der Waals surface area contributed by atoms with E-state index in [2.05, 4.69) is 78.3 Å². The number of hydrogen-bond donors (Lipinski definition) is 2. The van der Waals surface area contributed by atoms with Crippen LogP contribution in [-0.2, 0) is 0 Å². The molecule has 0 radical (unpaired) electrons. The van der Waals surface area contributed by atoms with Gasteiger partial charge in [0.05, 0.1) is 6.20 Å². The van der Waals surface area contributed by atoms with Gasteiger partial charge in [0.25, 0.3) is 0 Å². The predicted molar refractivity (Wildman–Crippen MR) is 96.4 cm³/mol. The maximum Gasteiger partial charge on any atom is 0.244 e. The van der Waals surface area contributed by atoms with Crippen LogP contribution in [0.15, 0.2) is 37.1 Å². The Labute approximate surface area is 138 Å². The van der Waals surface area contributed by atoms with E-state index in [1.54, 1.807) is 12.3 Å². The molecular weight excluding hydrogens is 286 g/mol. The lowest BCUT2D eigenvalue weighted by atomic mass is 9.92. The Morgan fingerprint density at radius 2 is 1.78 bits per heavy atom. The summed E-state index contributed by atoms with van der Waals surface area (Å²) in [5.41, 5.74) is 3.67. The average molecular weight is 311 g/mol. The second kappa shape index (κ2) is 7.72. The summed E-state index contributed by atoms with van der Waals surface area (Å²) in [6, 6.07) is 6.43. The molecule has 1 aromatic carbocycles. The number of aromatic nitrogens is 3. The molecule has 2 aromatic rings. The summed E-state index contributed by atoms with van der Waals surface area (Å²) >= 11 is 0. The van der Waals surface area contributed by atoms with Crippen molar-refractivity contribution in [1.82, 2.24) is 15.2 Å². The molecule has 0 unspecified atom stereocenters. The first-order valence-corrected chi connectivity index (χ1v) is 7.97. The summed E-state index contributed by atoms with van der Waals surface area (Å²) in [7, 11) is 0. The zero-order valence-corrected chi connectivity index (χ0v) is 14.3. The van der Waals surface area contributed by atoms with Gasteiger partial charge in [-0.15, -0.1) is 11.7 Å². The highest BCUT2D eigenvalue weighted by Crippen LogP contribution is 2.34. The Morgan fingerprint density at radius 3 is 2.35 bits per heavy atom. The van der Waals surface area contributed by atoms with Gasteiger partial charge in [0, 0.05) is 12.2 Å². The molecule has 122 valence electrons. The monoisotopic (exact) mass is 311 g/mol. The predicted octanol–water partition coefficient (Wildman–Crippen LogP) is 4.46. The summed E-state index contributed by atoms with van der Waals surface area (Å²) < 4.78 is 0. The molecule has 0 atom stereocenters. The molecule has 0 saturated heterocycles. The lowest BCUT2D eigenvalue weighted by Gasteiger charge is -2.20. The van der Waals surface area contributed by atoms with E-state index < -0.39 is 0 Å². The Kier molecular flexibility index (Phi) is 5.68. The lowest BCUT2D eigenvalue weighted by Crippen LogP contribution is -2.08. The third kappa shape index (κ3) is 4.28. The van der Waals surface area contributed by atoms with Gasteiger partial charge < -0.3 is 10.6 Å². The number of benzene rings is 1. The van der Waals surface area contributed by atoms with Crippen molar-refractivity contribution < 1.29 is 0 Å². The number of hydrogen-bond acceptors (Lipinski definition) is 5. The Bertz CT molecular complexity index is 638. The molecule has 5 heteroatoms. The van der Waals surface area contributed by atoms with Crippen molar-refractivity contribution in [2.45, 2.75) is 39.5 Å². The SMILES string of the molecule is C=CCNc1nncc(Nc2c(C(C)C)cccc2C(C)C)n1. The molecule has 0 aliphatic heterocycles. The molecule has 0 aliphatic rings. The number of para-hydroxylation sites is 1. The largest absolute Gasteiger partial charge is 0.349 e. The van der Waals surface area contributed by atoms with Gasteiger partial charge in [-0.25, -0.2) is 0 Å². The molecule has 0 aliphatic carbocycles. The summed E-state index contributed by atoms with van der Waals surface area (Å²) in [6.45, 7) is 13.1. The standard InChI is InChI=1S/C18H25N5/c1-6-10-19-18-22-16(11-20-23-18)21-17-14(12(2)3)8-7-9-15(17)13(4)5/h6-9,11-13H,1,10H2,2-5H3,(H2,19,21,22,23). The summed E-state index contributed by atoms with van der Waals surface area (Å²) in [4.78, 5) is 4.46. The molecule has 0 fully saturated rings. The van der Waals surface area contributed by atoms with E-state index in [9.17, 15) is 0 Å². The number of anilines is 3. The fourth-order valence-electron chi connectivity index (χ4n) is 2.43. The third-order valence-corrected chi connectivity index (χ3v) is 3.59. The highest BCUT2D eigenvalue weighted by atomic mass is 15.3. The Morgan fingerprint density at radius 1 is 1.13 bits per heavy atom. The minimum Gasteiger partial charge on any atom is -0.349 e. The van der Waals surface area contributed by atoms with Gasteiger partial charge in [-0.2, -0.15) is 10.1 Å². The summed E-state index contributed by atoms with van der Waals surface area (Å²) in [5.74, 6) is 2.01. The second-order valence-corrected chi connectivity index (χ2v) is 6.08. The van der Waals surface area contributed by atoms with Crippen molar-refractivity contribution in [3.05, 3.63) is 48.2 Å². The quantitative estimate of drug-likeness (QED) is 0.739. The van der Waals surface area contributed by atoms with Crippen molar-refractivity contribution in [2.24, 2.45) is 0 Å². The molecule has 0 spiro atoms. The van der Waals surface area contributed by atoms with Gasteiger partial charge in [0.1, 0.15) is 0 Å². The van der Waals surface area contributed by atoms with Crippen molar-refractivity contribution in [3.63, 3.8) is 0 Å². The zero-order chi connectivity index (χ0) is 16.8. The van der Waals surface area contributed by atoms with Gasteiger partial charge in [-0.05, 0) is 23.0 Å². The minimum absolute atomic E-state index is 0.421. The first kappa shape index (κ1) is 16.9. The van der Waals surface area contributed by atoms with Crippen LogP contribution in [0, 0.1) is 0 Å². The summed E-state index contributed by atoms with van der Waals surface area (Å²) in [5, 5.41) is 14.5. The average Bonchev–Trinajstić information content (AvgIpc) is 2.53. The second-order valence-electron chi connectivity index (χ2n) is 6.08. The highest BCUT2D eigenvalue weighted by Gasteiger charge is 2.14. The fraction of sp³-hybridized carbons (Fsp3) is 0.389. The Hall–Kier alpha value is -2.43. The molecule has 5 nitrogen and oxygen atoms in total. The van der Waals surface area contributed by atoms with Crippen molar-refractivity contribution in [1.29, 1.82) is 0 Å². The van der Waals surface area contributed by atoms with Crippen molar-refractivity contribution in [2.75, 3.05) is 17.2 Å².